The molecule has 0 unspecified atom stereocenters. The molecule has 1 aliphatic rings. The smallest absolute Gasteiger partial charge is 0.438 e. The molecule has 0 saturated carbocycles. The predicted octanol–water partition coefficient (Wildman–Crippen LogP) is 3.70. The Hall–Kier alpha value is -2.30. The molecule has 1 aliphatic heterocycles. The van der Waals surface area contributed by atoms with Crippen LogP contribution in [0.25, 0.3) is 0 Å². The average Bonchev–Trinajstić information content (AvgIpc) is 3.20. The highest BCUT2D eigenvalue weighted by molar-refractivity contribution is 6.42. The van der Waals surface area contributed by atoms with Crippen molar-refractivity contribution in [2.24, 2.45) is 5.10 Å². The molecule has 0 radical (unpaired) electrons. The van der Waals surface area contributed by atoms with Crippen molar-refractivity contribution >= 4 is 34.8 Å². The van der Waals surface area contributed by atoms with Gasteiger partial charge in [0.1, 0.15) is 10.8 Å². The third kappa shape index (κ3) is 3.67. The van der Waals surface area contributed by atoms with E-state index in [4.69, 9.17) is 27.9 Å². The summed E-state index contributed by atoms with van der Waals surface area (Å²) in [5.41, 5.74) is -3.79. The van der Waals surface area contributed by atoms with Gasteiger partial charge >= 0.3 is 6.18 Å². The Labute approximate surface area is 166 Å². The molecule has 0 bridgehead atoms. The van der Waals surface area contributed by atoms with Crippen LogP contribution in [0.5, 0.6) is 5.75 Å². The zero-order valence-corrected chi connectivity index (χ0v) is 15.8. The third-order valence-corrected chi connectivity index (χ3v) is 4.70. The number of aromatic nitrogens is 2. The standard InChI is InChI=1S/C16H13Cl2F3N4O3/c1-9-7-15(27,16(19,20)21)25(22-9)14(26)11-5-6-24(23-11)8-28-12-4-2-3-10(17)13(12)18/h2-6,27H,7-8H2,1H3/t15-/m1/s1. The molecule has 7 nitrogen and oxygen atoms in total. The zero-order valence-electron chi connectivity index (χ0n) is 14.2. The number of alkyl halides is 3. The number of rotatable bonds is 4. The van der Waals surface area contributed by atoms with Crippen LogP contribution in [-0.2, 0) is 6.73 Å². The highest BCUT2D eigenvalue weighted by Gasteiger charge is 2.63. The molecule has 1 aromatic heterocycles. The van der Waals surface area contributed by atoms with Crippen molar-refractivity contribution in [3.05, 3.63) is 46.2 Å². The number of aliphatic hydroxyl groups is 1. The number of halogens is 5. The number of hydrogen-bond acceptors (Lipinski definition) is 5. The fourth-order valence-corrected chi connectivity index (χ4v) is 2.89. The van der Waals surface area contributed by atoms with Crippen LogP contribution in [-0.4, -0.2) is 43.4 Å². The van der Waals surface area contributed by atoms with Gasteiger partial charge in [0.2, 0.25) is 0 Å². The summed E-state index contributed by atoms with van der Waals surface area (Å²) in [5, 5.41) is 17.9. The van der Waals surface area contributed by atoms with Gasteiger partial charge in [-0.2, -0.15) is 28.4 Å². The van der Waals surface area contributed by atoms with Gasteiger partial charge in [-0.3, -0.25) is 4.79 Å². The monoisotopic (exact) mass is 436 g/mol. The Morgan fingerprint density at radius 3 is 2.75 bits per heavy atom. The second-order valence-electron chi connectivity index (χ2n) is 6.01. The summed E-state index contributed by atoms with van der Waals surface area (Å²) in [7, 11) is 0. The van der Waals surface area contributed by atoms with E-state index in [-0.39, 0.29) is 38.9 Å². The Kier molecular flexibility index (Phi) is 5.30. The molecule has 0 aliphatic carbocycles. The van der Waals surface area contributed by atoms with Crippen LogP contribution in [0.1, 0.15) is 23.8 Å². The van der Waals surface area contributed by atoms with Gasteiger partial charge < -0.3 is 9.84 Å². The molecule has 28 heavy (non-hydrogen) atoms. The molecule has 0 fully saturated rings. The van der Waals surface area contributed by atoms with Crippen molar-refractivity contribution in [2.45, 2.75) is 32.0 Å². The minimum Gasteiger partial charge on any atom is -0.470 e. The fraction of sp³-hybridized carbons (Fsp3) is 0.312. The van der Waals surface area contributed by atoms with E-state index >= 15 is 0 Å². The number of hydrogen-bond donors (Lipinski definition) is 1. The summed E-state index contributed by atoms with van der Waals surface area (Å²) in [4.78, 5) is 12.4. The Bertz CT molecular complexity index is 947. The summed E-state index contributed by atoms with van der Waals surface area (Å²) in [6.45, 7) is 1.10. The lowest BCUT2D eigenvalue weighted by Crippen LogP contribution is -2.56. The maximum Gasteiger partial charge on any atom is 0.438 e. The van der Waals surface area contributed by atoms with Gasteiger partial charge in [0, 0.05) is 18.3 Å². The molecule has 1 atom stereocenters. The van der Waals surface area contributed by atoms with Crippen LogP contribution in [0.15, 0.2) is 35.6 Å². The summed E-state index contributed by atoms with van der Waals surface area (Å²) in [6, 6.07) is 5.94. The van der Waals surface area contributed by atoms with Gasteiger partial charge in [-0.15, -0.1) is 0 Å². The lowest BCUT2D eigenvalue weighted by Gasteiger charge is -2.32. The third-order valence-electron chi connectivity index (χ3n) is 3.90. The van der Waals surface area contributed by atoms with Gasteiger partial charge in [0.25, 0.3) is 11.6 Å². The van der Waals surface area contributed by atoms with E-state index < -0.39 is 24.2 Å². The van der Waals surface area contributed by atoms with Gasteiger partial charge in [-0.25, -0.2) is 4.68 Å². The summed E-state index contributed by atoms with van der Waals surface area (Å²) in [5.74, 6) is -0.931. The Morgan fingerprint density at radius 1 is 1.36 bits per heavy atom. The van der Waals surface area contributed by atoms with Gasteiger partial charge in [0.15, 0.2) is 12.4 Å². The van der Waals surface area contributed by atoms with E-state index in [9.17, 15) is 23.1 Å². The van der Waals surface area contributed by atoms with E-state index in [1.165, 1.54) is 23.9 Å². The molecule has 1 amide bonds. The van der Waals surface area contributed by atoms with Crippen LogP contribution >= 0.6 is 23.2 Å². The lowest BCUT2D eigenvalue weighted by molar-refractivity contribution is -0.297. The van der Waals surface area contributed by atoms with Gasteiger partial charge in [-0.05, 0) is 25.1 Å². The van der Waals surface area contributed by atoms with Crippen molar-refractivity contribution in [1.29, 1.82) is 0 Å². The number of carbonyl (C=O) groups is 1. The highest BCUT2D eigenvalue weighted by Crippen LogP contribution is 2.40. The molecular weight excluding hydrogens is 424 g/mol. The number of nitrogens with zero attached hydrogens (tertiary/aromatic N) is 4. The second kappa shape index (κ2) is 7.26. The number of amides is 1. The zero-order chi connectivity index (χ0) is 20.7. The Balaban J connectivity index is 1.76. The molecule has 0 spiro atoms. The van der Waals surface area contributed by atoms with Crippen LogP contribution in [0.3, 0.4) is 0 Å². The van der Waals surface area contributed by atoms with Crippen molar-refractivity contribution in [1.82, 2.24) is 14.8 Å². The number of ether oxygens (including phenoxy) is 1. The van der Waals surface area contributed by atoms with E-state index in [0.717, 1.165) is 0 Å². The molecule has 2 aromatic rings. The maximum atomic E-state index is 13.2. The van der Waals surface area contributed by atoms with Gasteiger partial charge in [-0.1, -0.05) is 29.3 Å². The van der Waals surface area contributed by atoms with Crippen molar-refractivity contribution in [3.63, 3.8) is 0 Å². The first-order valence-corrected chi connectivity index (χ1v) is 8.56. The minimum atomic E-state index is -5.08. The van der Waals surface area contributed by atoms with E-state index in [0.29, 0.717) is 0 Å². The van der Waals surface area contributed by atoms with Crippen LogP contribution < -0.4 is 4.74 Å². The summed E-state index contributed by atoms with van der Waals surface area (Å²) < 4.78 is 46.3. The van der Waals surface area contributed by atoms with E-state index in [2.05, 4.69) is 10.2 Å². The first-order chi connectivity index (χ1) is 13.0. The quantitative estimate of drug-likeness (QED) is 0.792. The van der Waals surface area contributed by atoms with Crippen molar-refractivity contribution < 1.29 is 27.8 Å². The fourth-order valence-electron chi connectivity index (χ4n) is 2.54. The normalized spacial score (nSPS) is 19.7. The van der Waals surface area contributed by atoms with E-state index in [1.54, 1.807) is 18.2 Å². The van der Waals surface area contributed by atoms with Crippen LogP contribution in [0.2, 0.25) is 10.0 Å². The average molecular weight is 437 g/mol. The second-order valence-corrected chi connectivity index (χ2v) is 6.79. The largest absolute Gasteiger partial charge is 0.470 e. The van der Waals surface area contributed by atoms with Crippen LogP contribution in [0, 0.1) is 0 Å². The molecule has 1 aromatic carbocycles. The number of carbonyl (C=O) groups excluding carboxylic acids is 1. The predicted molar refractivity (Wildman–Crippen MR) is 94.2 cm³/mol. The molecule has 3 rings (SSSR count). The minimum absolute atomic E-state index is 0.00367. The first kappa shape index (κ1) is 20.4. The van der Waals surface area contributed by atoms with Crippen molar-refractivity contribution in [3.8, 4) is 5.75 Å². The molecule has 2 heterocycles. The van der Waals surface area contributed by atoms with Gasteiger partial charge in [0.05, 0.1) is 5.02 Å². The maximum absolute atomic E-state index is 13.2. The van der Waals surface area contributed by atoms with E-state index in [1.807, 2.05) is 0 Å². The molecule has 12 heteroatoms. The summed E-state index contributed by atoms with van der Waals surface area (Å²) in [6.07, 6.45) is -4.59. The molecule has 1 N–H and O–H groups in total. The number of benzene rings is 1. The highest BCUT2D eigenvalue weighted by atomic mass is 35.5. The first-order valence-electron chi connectivity index (χ1n) is 7.81. The van der Waals surface area contributed by atoms with Crippen molar-refractivity contribution in [2.75, 3.05) is 0 Å². The molecule has 0 saturated heterocycles. The topological polar surface area (TPSA) is 80.0 Å². The SMILES string of the molecule is CC1=NN(C(=O)c2ccn(COc3cccc(Cl)c3Cl)n2)[C@](O)(C(F)(F)F)C1. The lowest BCUT2D eigenvalue weighted by atomic mass is 10.1. The number of hydrazone groups is 1. The summed E-state index contributed by atoms with van der Waals surface area (Å²) >= 11 is 11.9. The van der Waals surface area contributed by atoms with Crippen LogP contribution in [0.4, 0.5) is 13.2 Å². The molecule has 150 valence electrons. The molecular formula is C16H13Cl2F3N4O3. The Morgan fingerprint density at radius 2 is 2.07 bits per heavy atom.